The molecular formula is C16H13N3O2. The van der Waals surface area contributed by atoms with Crippen LogP contribution in [0.3, 0.4) is 0 Å². The van der Waals surface area contributed by atoms with Crippen LogP contribution in [0.15, 0.2) is 36.4 Å². The average molecular weight is 279 g/mol. The lowest BCUT2D eigenvalue weighted by Gasteiger charge is -2.14. The van der Waals surface area contributed by atoms with Gasteiger partial charge in [0.2, 0.25) is 0 Å². The molecule has 5 heteroatoms. The van der Waals surface area contributed by atoms with Crippen LogP contribution < -0.4 is 14.8 Å². The second kappa shape index (κ2) is 6.31. The maximum Gasteiger partial charge on any atom is 0.145 e. The number of nitriles is 2. The molecule has 0 amide bonds. The molecule has 0 aliphatic rings. The lowest BCUT2D eigenvalue weighted by Crippen LogP contribution is -1.99. The van der Waals surface area contributed by atoms with Crippen LogP contribution in [0, 0.1) is 22.7 Å². The van der Waals surface area contributed by atoms with Gasteiger partial charge < -0.3 is 14.8 Å². The van der Waals surface area contributed by atoms with Gasteiger partial charge in [0, 0.05) is 6.07 Å². The van der Waals surface area contributed by atoms with Gasteiger partial charge in [0.1, 0.15) is 23.6 Å². The van der Waals surface area contributed by atoms with Crippen molar-refractivity contribution in [1.82, 2.24) is 0 Å². The van der Waals surface area contributed by atoms with Crippen molar-refractivity contribution in [3.8, 4) is 23.6 Å². The normalized spacial score (nSPS) is 9.33. The van der Waals surface area contributed by atoms with Crippen LogP contribution in [0.2, 0.25) is 0 Å². The van der Waals surface area contributed by atoms with E-state index in [1.165, 1.54) is 0 Å². The summed E-state index contributed by atoms with van der Waals surface area (Å²) in [6.45, 7) is 0. The summed E-state index contributed by atoms with van der Waals surface area (Å²) in [5.74, 6) is 1.22. The highest BCUT2D eigenvalue weighted by molar-refractivity contribution is 5.76. The van der Waals surface area contributed by atoms with Gasteiger partial charge in [-0.3, -0.25) is 0 Å². The largest absolute Gasteiger partial charge is 0.497 e. The third-order valence-electron chi connectivity index (χ3n) is 2.97. The maximum atomic E-state index is 9.17. The zero-order valence-electron chi connectivity index (χ0n) is 11.7. The lowest BCUT2D eigenvalue weighted by molar-refractivity contribution is 0.395. The Bertz CT molecular complexity index is 710. The van der Waals surface area contributed by atoms with Gasteiger partial charge in [0.25, 0.3) is 0 Å². The Morgan fingerprint density at radius 3 is 2.14 bits per heavy atom. The Morgan fingerprint density at radius 1 is 0.952 bits per heavy atom. The quantitative estimate of drug-likeness (QED) is 0.929. The molecule has 0 aliphatic heterocycles. The van der Waals surface area contributed by atoms with Crippen molar-refractivity contribution < 1.29 is 9.47 Å². The number of hydrogen-bond donors (Lipinski definition) is 1. The minimum atomic E-state index is 0.395. The van der Waals surface area contributed by atoms with E-state index in [0.717, 1.165) is 0 Å². The zero-order chi connectivity index (χ0) is 15.2. The summed E-state index contributed by atoms with van der Waals surface area (Å²) in [4.78, 5) is 0. The van der Waals surface area contributed by atoms with Crippen molar-refractivity contribution in [3.05, 3.63) is 47.5 Å². The molecule has 104 valence electrons. The Hall–Kier alpha value is -3.18. The smallest absolute Gasteiger partial charge is 0.145 e. The van der Waals surface area contributed by atoms with E-state index in [9.17, 15) is 10.5 Å². The van der Waals surface area contributed by atoms with Crippen molar-refractivity contribution >= 4 is 11.4 Å². The van der Waals surface area contributed by atoms with E-state index < -0.39 is 0 Å². The van der Waals surface area contributed by atoms with Crippen LogP contribution in [0.4, 0.5) is 11.4 Å². The van der Waals surface area contributed by atoms with Crippen LogP contribution >= 0.6 is 0 Å². The molecule has 0 atom stereocenters. The molecule has 2 aromatic carbocycles. The number of anilines is 2. The number of benzene rings is 2. The average Bonchev–Trinajstić information content (AvgIpc) is 2.55. The second-order valence-electron chi connectivity index (χ2n) is 4.14. The number of ether oxygens (including phenoxy) is 2. The summed E-state index contributed by atoms with van der Waals surface area (Å²) < 4.78 is 10.4. The van der Waals surface area contributed by atoms with Crippen molar-refractivity contribution in [1.29, 1.82) is 10.5 Å². The molecule has 0 heterocycles. The maximum absolute atomic E-state index is 9.17. The number of para-hydroxylation sites is 1. The van der Waals surface area contributed by atoms with E-state index >= 15 is 0 Å². The van der Waals surface area contributed by atoms with Crippen LogP contribution in [-0.4, -0.2) is 14.2 Å². The van der Waals surface area contributed by atoms with Gasteiger partial charge in [-0.2, -0.15) is 10.5 Å². The fourth-order valence-electron chi connectivity index (χ4n) is 1.91. The SMILES string of the molecule is COc1ccc(Nc2c(C#N)cccc2C#N)c(OC)c1. The first kappa shape index (κ1) is 14.2. The predicted molar refractivity (Wildman–Crippen MR) is 78.7 cm³/mol. The summed E-state index contributed by atoms with van der Waals surface area (Å²) >= 11 is 0. The standard InChI is InChI=1S/C16H13N3O2/c1-20-13-6-7-14(15(8-13)21-2)19-16-11(9-17)4-3-5-12(16)10-18/h3-8,19H,1-2H3. The molecule has 0 aliphatic carbocycles. The zero-order valence-corrected chi connectivity index (χ0v) is 11.7. The lowest BCUT2D eigenvalue weighted by atomic mass is 10.1. The predicted octanol–water partition coefficient (Wildman–Crippen LogP) is 3.19. The molecule has 1 N–H and O–H groups in total. The molecule has 2 aromatic rings. The topological polar surface area (TPSA) is 78.1 Å². The molecule has 0 spiro atoms. The molecule has 0 bridgehead atoms. The van der Waals surface area contributed by atoms with Gasteiger partial charge in [0.15, 0.2) is 0 Å². The van der Waals surface area contributed by atoms with Crippen molar-refractivity contribution in [2.75, 3.05) is 19.5 Å². The minimum Gasteiger partial charge on any atom is -0.497 e. The van der Waals surface area contributed by atoms with E-state index in [1.807, 2.05) is 0 Å². The van der Waals surface area contributed by atoms with Gasteiger partial charge in [-0.1, -0.05) is 6.07 Å². The number of nitrogens with one attached hydrogen (secondary N) is 1. The van der Waals surface area contributed by atoms with Gasteiger partial charge in [-0.15, -0.1) is 0 Å². The van der Waals surface area contributed by atoms with Crippen LogP contribution in [-0.2, 0) is 0 Å². The summed E-state index contributed by atoms with van der Waals surface area (Å²) in [7, 11) is 3.11. The number of nitrogens with zero attached hydrogens (tertiary/aromatic N) is 2. The van der Waals surface area contributed by atoms with Crippen LogP contribution in [0.5, 0.6) is 11.5 Å². The highest BCUT2D eigenvalue weighted by Crippen LogP contribution is 2.33. The molecule has 2 rings (SSSR count). The first-order valence-corrected chi connectivity index (χ1v) is 6.15. The third-order valence-corrected chi connectivity index (χ3v) is 2.97. The van der Waals surface area contributed by atoms with Crippen LogP contribution in [0.1, 0.15) is 11.1 Å². The monoisotopic (exact) mass is 279 g/mol. The summed E-state index contributed by atoms with van der Waals surface area (Å²) in [5, 5.41) is 21.4. The van der Waals surface area contributed by atoms with Gasteiger partial charge in [-0.05, 0) is 24.3 Å². The van der Waals surface area contributed by atoms with E-state index in [1.54, 1.807) is 50.6 Å². The summed E-state index contributed by atoms with van der Waals surface area (Å²) in [5.41, 5.74) is 1.90. The van der Waals surface area contributed by atoms with E-state index in [0.29, 0.717) is 34.0 Å². The molecule has 0 saturated carbocycles. The Morgan fingerprint density at radius 2 is 1.62 bits per heavy atom. The fraction of sp³-hybridized carbons (Fsp3) is 0.125. The minimum absolute atomic E-state index is 0.395. The molecule has 5 nitrogen and oxygen atoms in total. The van der Waals surface area contributed by atoms with Gasteiger partial charge in [0.05, 0.1) is 36.7 Å². The Kier molecular flexibility index (Phi) is 4.28. The molecule has 0 aromatic heterocycles. The molecular weight excluding hydrogens is 266 g/mol. The van der Waals surface area contributed by atoms with Crippen molar-refractivity contribution in [3.63, 3.8) is 0 Å². The summed E-state index contributed by atoms with van der Waals surface area (Å²) in [6.07, 6.45) is 0. The highest BCUT2D eigenvalue weighted by Gasteiger charge is 2.11. The summed E-state index contributed by atoms with van der Waals surface area (Å²) in [6, 6.07) is 14.4. The molecule has 0 unspecified atom stereocenters. The second-order valence-corrected chi connectivity index (χ2v) is 4.14. The van der Waals surface area contributed by atoms with Gasteiger partial charge in [-0.25, -0.2) is 0 Å². The first-order valence-electron chi connectivity index (χ1n) is 6.15. The fourth-order valence-corrected chi connectivity index (χ4v) is 1.91. The van der Waals surface area contributed by atoms with Crippen LogP contribution in [0.25, 0.3) is 0 Å². The van der Waals surface area contributed by atoms with E-state index in [-0.39, 0.29) is 0 Å². The number of rotatable bonds is 4. The number of methoxy groups -OCH3 is 2. The third kappa shape index (κ3) is 2.88. The Labute approximate surface area is 123 Å². The van der Waals surface area contributed by atoms with Crippen molar-refractivity contribution in [2.24, 2.45) is 0 Å². The van der Waals surface area contributed by atoms with E-state index in [2.05, 4.69) is 17.5 Å². The molecule has 21 heavy (non-hydrogen) atoms. The first-order chi connectivity index (χ1) is 10.2. The van der Waals surface area contributed by atoms with E-state index in [4.69, 9.17) is 9.47 Å². The molecule has 0 saturated heterocycles. The molecule has 0 fully saturated rings. The molecule has 0 radical (unpaired) electrons. The van der Waals surface area contributed by atoms with Crippen molar-refractivity contribution in [2.45, 2.75) is 0 Å². The highest BCUT2D eigenvalue weighted by atomic mass is 16.5. The number of hydrogen-bond acceptors (Lipinski definition) is 5. The Balaban J connectivity index is 2.48. The van der Waals surface area contributed by atoms with Gasteiger partial charge >= 0.3 is 0 Å².